The fourth-order valence-electron chi connectivity index (χ4n) is 4.23. The average molecular weight is 417 g/mol. The largest absolute Gasteiger partial charge is 0.348 e. The number of nitrogens with one attached hydrogen (secondary N) is 1. The normalized spacial score (nSPS) is 20.9. The maximum Gasteiger partial charge on any atom is 0.262 e. The van der Waals surface area contributed by atoms with Crippen molar-refractivity contribution in [3.05, 3.63) is 47.9 Å². The molecule has 8 heteroatoms. The van der Waals surface area contributed by atoms with E-state index in [1.807, 2.05) is 12.1 Å². The molecule has 4 rings (SSSR count). The molecule has 0 spiro atoms. The van der Waals surface area contributed by atoms with Crippen LogP contribution in [0.2, 0.25) is 0 Å². The minimum Gasteiger partial charge on any atom is -0.348 e. The van der Waals surface area contributed by atoms with Gasteiger partial charge in [-0.05, 0) is 49.1 Å². The molecule has 1 aromatic heterocycles. The van der Waals surface area contributed by atoms with E-state index in [1.54, 1.807) is 4.57 Å². The van der Waals surface area contributed by atoms with Gasteiger partial charge < -0.3 is 9.88 Å². The monoisotopic (exact) mass is 416 g/mol. The highest BCUT2D eigenvalue weighted by atomic mass is 32.2. The number of carbonyl (C=O) groups excluding carboxylic acids is 1. The molecule has 1 aromatic carbocycles. The molecule has 1 atom stereocenters. The Hall–Kier alpha value is -2.19. The number of imidazole rings is 1. The summed E-state index contributed by atoms with van der Waals surface area (Å²) in [4.78, 5) is 16.6. The van der Waals surface area contributed by atoms with E-state index in [0.29, 0.717) is 19.0 Å². The van der Waals surface area contributed by atoms with Crippen molar-refractivity contribution >= 4 is 15.9 Å². The number of carbonyl (C=O) groups is 1. The zero-order valence-corrected chi connectivity index (χ0v) is 17.6. The van der Waals surface area contributed by atoms with E-state index in [1.165, 1.54) is 28.0 Å². The van der Waals surface area contributed by atoms with Gasteiger partial charge in [-0.25, -0.2) is 13.4 Å². The third kappa shape index (κ3) is 4.38. The third-order valence-corrected chi connectivity index (χ3v) is 7.77. The van der Waals surface area contributed by atoms with Crippen LogP contribution >= 0.6 is 0 Å². The van der Waals surface area contributed by atoms with Crippen molar-refractivity contribution in [1.82, 2.24) is 19.2 Å². The Morgan fingerprint density at radius 1 is 1.21 bits per heavy atom. The molecule has 0 saturated carbocycles. The van der Waals surface area contributed by atoms with Gasteiger partial charge in [-0.3, -0.25) is 4.79 Å². The van der Waals surface area contributed by atoms with Gasteiger partial charge in [0.15, 0.2) is 5.03 Å². The van der Waals surface area contributed by atoms with Crippen molar-refractivity contribution in [2.75, 3.05) is 13.1 Å². The molecule has 1 fully saturated rings. The second kappa shape index (κ2) is 8.28. The fourth-order valence-corrected chi connectivity index (χ4v) is 5.63. The number of aromatic nitrogens is 2. The zero-order valence-electron chi connectivity index (χ0n) is 16.8. The molecular formula is C21H28N4O3S. The van der Waals surface area contributed by atoms with Crippen LogP contribution in [-0.4, -0.2) is 41.3 Å². The van der Waals surface area contributed by atoms with Crippen molar-refractivity contribution in [2.24, 2.45) is 5.92 Å². The number of nitrogens with zero attached hydrogens (tertiary/aromatic N) is 3. The molecule has 0 radical (unpaired) electrons. The first kappa shape index (κ1) is 20.1. The van der Waals surface area contributed by atoms with Crippen LogP contribution in [0.4, 0.5) is 0 Å². The first-order valence-electron chi connectivity index (χ1n) is 10.3. The lowest BCUT2D eigenvalue weighted by Gasteiger charge is -2.28. The zero-order chi connectivity index (χ0) is 20.4. The van der Waals surface area contributed by atoms with Gasteiger partial charge in [0.1, 0.15) is 6.54 Å². The Kier molecular flexibility index (Phi) is 5.74. The van der Waals surface area contributed by atoms with Crippen LogP contribution in [0.1, 0.15) is 49.8 Å². The van der Waals surface area contributed by atoms with Crippen molar-refractivity contribution in [3.63, 3.8) is 0 Å². The summed E-state index contributed by atoms with van der Waals surface area (Å²) in [6.45, 7) is 3.25. The van der Waals surface area contributed by atoms with E-state index in [0.717, 1.165) is 32.1 Å². The molecule has 1 aliphatic carbocycles. The van der Waals surface area contributed by atoms with E-state index in [4.69, 9.17) is 0 Å². The lowest BCUT2D eigenvalue weighted by molar-refractivity contribution is -0.122. The number of amides is 1. The number of rotatable bonds is 5. The molecule has 1 saturated heterocycles. The first-order valence-corrected chi connectivity index (χ1v) is 11.8. The number of benzene rings is 1. The van der Waals surface area contributed by atoms with Crippen LogP contribution in [0.25, 0.3) is 0 Å². The number of hydrogen-bond donors (Lipinski definition) is 1. The molecule has 1 aliphatic heterocycles. The minimum absolute atomic E-state index is 0.00881. The van der Waals surface area contributed by atoms with E-state index >= 15 is 0 Å². The number of fused-ring (bicyclic) bond motifs is 1. The second-order valence-electron chi connectivity index (χ2n) is 8.18. The smallest absolute Gasteiger partial charge is 0.262 e. The minimum atomic E-state index is -3.60. The van der Waals surface area contributed by atoms with Gasteiger partial charge in [0, 0.05) is 19.3 Å². The van der Waals surface area contributed by atoms with Crippen LogP contribution < -0.4 is 5.32 Å². The maximum atomic E-state index is 12.8. The van der Waals surface area contributed by atoms with Gasteiger partial charge >= 0.3 is 0 Å². The molecule has 29 heavy (non-hydrogen) atoms. The van der Waals surface area contributed by atoms with Crippen LogP contribution in [0.15, 0.2) is 41.8 Å². The van der Waals surface area contributed by atoms with Gasteiger partial charge in [-0.2, -0.15) is 4.31 Å². The van der Waals surface area contributed by atoms with Crippen molar-refractivity contribution < 1.29 is 13.2 Å². The summed E-state index contributed by atoms with van der Waals surface area (Å²) in [5, 5.41) is 3.11. The Morgan fingerprint density at radius 2 is 1.97 bits per heavy atom. The Labute approximate surface area is 172 Å². The third-order valence-electron chi connectivity index (χ3n) is 5.99. The average Bonchev–Trinajstić information content (AvgIpc) is 3.18. The summed E-state index contributed by atoms with van der Waals surface area (Å²) in [5.41, 5.74) is 2.47. The maximum absolute atomic E-state index is 12.8. The molecule has 2 aromatic rings. The van der Waals surface area contributed by atoms with Crippen molar-refractivity contribution in [1.29, 1.82) is 0 Å². The standard InChI is InChI=1S/C21H28N4O3S/c1-16-9-11-25(12-10-16)29(27,28)21-14-24(15-22-21)13-20(26)23-19-8-4-6-17-5-2-3-7-18(17)19/h2-3,5,7,14-16,19H,4,6,8-13H2,1H3,(H,23,26). The molecule has 0 bridgehead atoms. The fraction of sp³-hybridized carbons (Fsp3) is 0.524. The Balaban J connectivity index is 1.40. The SMILES string of the molecule is CC1CCN(S(=O)(=O)c2cn(CC(=O)NC3CCCc4ccccc43)cn2)CC1. The van der Waals surface area contributed by atoms with Gasteiger partial charge in [-0.15, -0.1) is 0 Å². The number of piperidine rings is 1. The summed E-state index contributed by atoms with van der Waals surface area (Å²) in [6, 6.07) is 8.22. The Bertz CT molecular complexity index is 977. The van der Waals surface area contributed by atoms with Crippen LogP contribution in [0, 0.1) is 5.92 Å². The summed E-state index contributed by atoms with van der Waals surface area (Å²) in [6.07, 6.45) is 7.62. The van der Waals surface area contributed by atoms with Crippen LogP contribution in [0.3, 0.4) is 0 Å². The summed E-state index contributed by atoms with van der Waals surface area (Å²) < 4.78 is 28.6. The number of hydrogen-bond acceptors (Lipinski definition) is 4. The van der Waals surface area contributed by atoms with E-state index in [-0.39, 0.29) is 23.5 Å². The predicted molar refractivity (Wildman–Crippen MR) is 110 cm³/mol. The molecule has 2 aliphatic rings. The highest BCUT2D eigenvalue weighted by Gasteiger charge is 2.30. The molecule has 7 nitrogen and oxygen atoms in total. The van der Waals surface area contributed by atoms with Gasteiger partial charge in [-0.1, -0.05) is 31.2 Å². The molecular weight excluding hydrogens is 388 g/mol. The molecule has 1 amide bonds. The topological polar surface area (TPSA) is 84.3 Å². The molecule has 156 valence electrons. The molecule has 1 unspecified atom stereocenters. The van der Waals surface area contributed by atoms with E-state index in [9.17, 15) is 13.2 Å². The first-order chi connectivity index (χ1) is 13.9. The number of sulfonamides is 1. The van der Waals surface area contributed by atoms with Gasteiger partial charge in [0.05, 0.1) is 12.4 Å². The van der Waals surface area contributed by atoms with E-state index < -0.39 is 10.0 Å². The lowest BCUT2D eigenvalue weighted by atomic mass is 9.88. The van der Waals surface area contributed by atoms with E-state index in [2.05, 4.69) is 29.4 Å². The lowest BCUT2D eigenvalue weighted by Crippen LogP contribution is -2.38. The molecule has 2 heterocycles. The van der Waals surface area contributed by atoms with Crippen LogP contribution in [-0.2, 0) is 27.8 Å². The summed E-state index contributed by atoms with van der Waals surface area (Å²) >= 11 is 0. The highest BCUT2D eigenvalue weighted by Crippen LogP contribution is 2.29. The highest BCUT2D eigenvalue weighted by molar-refractivity contribution is 7.89. The second-order valence-corrected chi connectivity index (χ2v) is 10.1. The van der Waals surface area contributed by atoms with Gasteiger partial charge in [0.25, 0.3) is 10.0 Å². The predicted octanol–water partition coefficient (Wildman–Crippen LogP) is 2.50. The summed E-state index contributed by atoms with van der Waals surface area (Å²) in [5.74, 6) is 0.410. The van der Waals surface area contributed by atoms with Crippen molar-refractivity contribution in [3.8, 4) is 0 Å². The number of aryl methyl sites for hydroxylation is 1. The molecule has 1 N–H and O–H groups in total. The van der Waals surface area contributed by atoms with Gasteiger partial charge in [0.2, 0.25) is 5.91 Å². The summed E-state index contributed by atoms with van der Waals surface area (Å²) in [7, 11) is -3.60. The Morgan fingerprint density at radius 3 is 2.76 bits per heavy atom. The quantitative estimate of drug-likeness (QED) is 0.812. The van der Waals surface area contributed by atoms with Crippen LogP contribution in [0.5, 0.6) is 0 Å². The van der Waals surface area contributed by atoms with Crippen molar-refractivity contribution in [2.45, 2.75) is 56.6 Å².